The monoisotopic (exact) mass is 415 g/mol. The van der Waals surface area contributed by atoms with E-state index in [9.17, 15) is 0 Å². The Hall–Kier alpha value is -2.89. The maximum absolute atomic E-state index is 6.15. The maximum atomic E-state index is 6.15. The van der Waals surface area contributed by atoms with E-state index in [0.717, 1.165) is 47.4 Å². The molecule has 30 heavy (non-hydrogen) atoms. The predicted octanol–water partition coefficient (Wildman–Crippen LogP) is 5.29. The topological polar surface area (TPSA) is 28.6 Å². The van der Waals surface area contributed by atoms with Crippen LogP contribution in [0.2, 0.25) is 0 Å². The van der Waals surface area contributed by atoms with Gasteiger partial charge in [-0.2, -0.15) is 0 Å². The Labute approximate surface area is 181 Å². The molecule has 0 saturated carbocycles. The molecule has 0 amide bonds. The normalized spacial score (nSPS) is 14.9. The molecule has 0 N–H and O–H groups in total. The highest BCUT2D eigenvalue weighted by Crippen LogP contribution is 2.32. The lowest BCUT2D eigenvalue weighted by molar-refractivity contribution is 0.309. The van der Waals surface area contributed by atoms with Gasteiger partial charge >= 0.3 is 0 Å². The van der Waals surface area contributed by atoms with Crippen molar-refractivity contribution in [3.8, 4) is 16.3 Å². The number of aromatic nitrogens is 1. The molecule has 0 bridgehead atoms. The summed E-state index contributed by atoms with van der Waals surface area (Å²) >= 11 is 1.69. The van der Waals surface area contributed by atoms with Crippen LogP contribution in [-0.2, 0) is 6.61 Å². The van der Waals surface area contributed by atoms with Gasteiger partial charge in [-0.15, -0.1) is 11.3 Å². The van der Waals surface area contributed by atoms with Gasteiger partial charge in [0.2, 0.25) is 0 Å². The van der Waals surface area contributed by atoms with Gasteiger partial charge in [0.25, 0.3) is 0 Å². The van der Waals surface area contributed by atoms with Gasteiger partial charge in [0.1, 0.15) is 17.4 Å². The van der Waals surface area contributed by atoms with Gasteiger partial charge in [-0.05, 0) is 30.6 Å². The van der Waals surface area contributed by atoms with E-state index in [4.69, 9.17) is 4.74 Å². The number of thiazole rings is 1. The molecule has 4 nitrogen and oxygen atoms in total. The quantitative estimate of drug-likeness (QED) is 0.443. The third kappa shape index (κ3) is 4.04. The summed E-state index contributed by atoms with van der Waals surface area (Å²) in [6, 6.07) is 23.2. The number of fused-ring (bicyclic) bond motifs is 1. The van der Waals surface area contributed by atoms with E-state index < -0.39 is 0 Å². The van der Waals surface area contributed by atoms with Crippen molar-refractivity contribution >= 4 is 27.8 Å². The molecule has 4 aromatic rings. The molecule has 0 aliphatic carbocycles. The minimum absolute atomic E-state index is 0.534. The minimum Gasteiger partial charge on any atom is -0.488 e. The van der Waals surface area contributed by atoms with E-state index in [1.165, 1.54) is 16.5 Å². The molecule has 1 fully saturated rings. The fourth-order valence-corrected chi connectivity index (χ4v) is 4.72. The molecule has 1 aromatic heterocycles. The molecule has 0 atom stereocenters. The molecule has 0 spiro atoms. The molecule has 1 aliphatic rings. The summed E-state index contributed by atoms with van der Waals surface area (Å²) in [5, 5.41) is 3.54. The van der Waals surface area contributed by atoms with Crippen molar-refractivity contribution in [3.63, 3.8) is 0 Å². The molecule has 5 rings (SSSR count). The second-order valence-electron chi connectivity index (χ2n) is 7.74. The molecule has 0 unspecified atom stereocenters. The third-order valence-corrected chi connectivity index (χ3v) is 6.65. The first-order chi connectivity index (χ1) is 14.8. The second-order valence-corrected chi connectivity index (χ2v) is 8.85. The number of ether oxygens (including phenoxy) is 1. The van der Waals surface area contributed by atoms with E-state index in [1.54, 1.807) is 11.3 Å². The Kier molecular flexibility index (Phi) is 5.39. The van der Waals surface area contributed by atoms with Gasteiger partial charge in [0, 0.05) is 49.0 Å². The van der Waals surface area contributed by atoms with Crippen molar-refractivity contribution in [3.05, 3.63) is 77.8 Å². The van der Waals surface area contributed by atoms with Gasteiger partial charge in [-0.3, -0.25) is 0 Å². The highest BCUT2D eigenvalue weighted by Gasteiger charge is 2.16. The van der Waals surface area contributed by atoms with E-state index in [1.807, 2.05) is 24.4 Å². The summed E-state index contributed by atoms with van der Waals surface area (Å²) in [6.07, 6.45) is 1.92. The van der Waals surface area contributed by atoms with E-state index in [2.05, 4.69) is 70.4 Å². The first kappa shape index (κ1) is 19.1. The number of anilines is 1. The number of hydrogen-bond donors (Lipinski definition) is 0. The number of piperazine rings is 1. The Morgan fingerprint density at radius 3 is 2.60 bits per heavy atom. The van der Waals surface area contributed by atoms with Crippen LogP contribution < -0.4 is 9.64 Å². The Morgan fingerprint density at radius 2 is 1.77 bits per heavy atom. The van der Waals surface area contributed by atoms with Crippen LogP contribution in [0.15, 0.2) is 72.9 Å². The highest BCUT2D eigenvalue weighted by molar-refractivity contribution is 7.15. The molecule has 0 radical (unpaired) electrons. The van der Waals surface area contributed by atoms with Crippen LogP contribution in [0.3, 0.4) is 0 Å². The van der Waals surface area contributed by atoms with Crippen LogP contribution in [0.25, 0.3) is 21.3 Å². The highest BCUT2D eigenvalue weighted by atomic mass is 32.1. The molecule has 152 valence electrons. The summed E-state index contributed by atoms with van der Waals surface area (Å²) in [6.45, 7) is 4.85. The molecular weight excluding hydrogens is 390 g/mol. The SMILES string of the molecule is CN1CCN(c2cccc3ccc(OCc4cnc(-c5ccccc5)s4)cc23)CC1. The van der Waals surface area contributed by atoms with Gasteiger partial charge < -0.3 is 14.5 Å². The van der Waals surface area contributed by atoms with Crippen molar-refractivity contribution in [2.45, 2.75) is 6.61 Å². The zero-order valence-electron chi connectivity index (χ0n) is 17.1. The number of benzene rings is 3. The Morgan fingerprint density at radius 1 is 0.933 bits per heavy atom. The van der Waals surface area contributed by atoms with Crippen molar-refractivity contribution in [1.82, 2.24) is 9.88 Å². The average molecular weight is 416 g/mol. The van der Waals surface area contributed by atoms with Crippen molar-refractivity contribution in [2.75, 3.05) is 38.1 Å². The zero-order chi connectivity index (χ0) is 20.3. The number of likely N-dealkylation sites (N-methyl/N-ethyl adjacent to an activating group) is 1. The molecule has 1 saturated heterocycles. The Bertz CT molecular complexity index is 1130. The lowest BCUT2D eigenvalue weighted by atomic mass is 10.1. The lowest BCUT2D eigenvalue weighted by Gasteiger charge is -2.34. The fraction of sp³-hybridized carbons (Fsp3) is 0.240. The van der Waals surface area contributed by atoms with E-state index >= 15 is 0 Å². The summed E-state index contributed by atoms with van der Waals surface area (Å²) in [4.78, 5) is 10.6. The van der Waals surface area contributed by atoms with Crippen LogP contribution in [0.1, 0.15) is 4.88 Å². The van der Waals surface area contributed by atoms with E-state index in [0.29, 0.717) is 6.61 Å². The first-order valence-corrected chi connectivity index (χ1v) is 11.2. The molecule has 3 aromatic carbocycles. The van der Waals surface area contributed by atoms with Crippen molar-refractivity contribution < 1.29 is 4.74 Å². The minimum atomic E-state index is 0.534. The zero-order valence-corrected chi connectivity index (χ0v) is 17.9. The first-order valence-electron chi connectivity index (χ1n) is 10.4. The van der Waals surface area contributed by atoms with Gasteiger partial charge in [-0.1, -0.05) is 48.5 Å². The fourth-order valence-electron chi connectivity index (χ4n) is 3.89. The van der Waals surface area contributed by atoms with Crippen molar-refractivity contribution in [1.29, 1.82) is 0 Å². The molecule has 5 heteroatoms. The number of hydrogen-bond acceptors (Lipinski definition) is 5. The second kappa shape index (κ2) is 8.46. The van der Waals surface area contributed by atoms with Gasteiger partial charge in [0.15, 0.2) is 0 Å². The van der Waals surface area contributed by atoms with Crippen LogP contribution in [0.4, 0.5) is 5.69 Å². The Balaban J connectivity index is 1.34. The van der Waals surface area contributed by atoms with Gasteiger partial charge in [0.05, 0.1) is 4.88 Å². The number of rotatable bonds is 5. The predicted molar refractivity (Wildman–Crippen MR) is 126 cm³/mol. The number of nitrogens with zero attached hydrogens (tertiary/aromatic N) is 3. The van der Waals surface area contributed by atoms with Gasteiger partial charge in [-0.25, -0.2) is 4.98 Å². The largest absolute Gasteiger partial charge is 0.488 e. The van der Waals surface area contributed by atoms with Crippen molar-refractivity contribution in [2.24, 2.45) is 0 Å². The standard InChI is InChI=1S/C25H25N3OS/c1-27-12-14-28(15-13-27)24-9-5-8-19-10-11-21(16-23(19)24)29-18-22-17-26-25(30-22)20-6-3-2-4-7-20/h2-11,16-17H,12-15,18H2,1H3. The molecule has 2 heterocycles. The summed E-state index contributed by atoms with van der Waals surface area (Å²) in [5.74, 6) is 0.902. The average Bonchev–Trinajstić information content (AvgIpc) is 3.28. The third-order valence-electron chi connectivity index (χ3n) is 5.63. The summed E-state index contributed by atoms with van der Waals surface area (Å²) in [5.41, 5.74) is 2.45. The van der Waals surface area contributed by atoms with E-state index in [-0.39, 0.29) is 0 Å². The summed E-state index contributed by atoms with van der Waals surface area (Å²) in [7, 11) is 2.19. The van der Waals surface area contributed by atoms with Crippen LogP contribution in [0.5, 0.6) is 5.75 Å². The smallest absolute Gasteiger partial charge is 0.124 e. The maximum Gasteiger partial charge on any atom is 0.124 e. The van der Waals surface area contributed by atoms with Crippen LogP contribution in [0, 0.1) is 0 Å². The lowest BCUT2D eigenvalue weighted by Crippen LogP contribution is -2.44. The van der Waals surface area contributed by atoms with Crippen LogP contribution in [-0.4, -0.2) is 43.1 Å². The van der Waals surface area contributed by atoms with Crippen LogP contribution >= 0.6 is 11.3 Å². The molecular formula is C25H25N3OS. The summed E-state index contributed by atoms with van der Waals surface area (Å²) < 4.78 is 6.15. The molecule has 1 aliphatic heterocycles.